The van der Waals surface area contributed by atoms with Gasteiger partial charge in [-0.3, -0.25) is 14.4 Å². The van der Waals surface area contributed by atoms with E-state index in [0.717, 1.165) is 11.3 Å². The number of nitrogens with two attached hydrogens (primary N) is 1. The van der Waals surface area contributed by atoms with Crippen molar-refractivity contribution in [3.8, 4) is 0 Å². The number of rotatable bonds is 18. The Hall–Kier alpha value is -3.81. The Labute approximate surface area is 259 Å². The standard InChI is InChI=1S/C31H49N7O6/c1-17(2)12-24(29(41)38-27(18(3)4)31(43)44)33-15-26(39)20(6)36-30(42)25(14-23-19(5)34-16-35-23)37-28(40)22(32)13-21-10-8-7-9-11-21/h7-11,16-18,20,22,24-27,33,39H,12-15,32H2,1-6H3,(H,34,35)(H,36,42)(H,37,40)(H,38,41)(H,43,44)/t20-,22-,24-,25-,26?,27+/m0/s1. The molecule has 0 saturated heterocycles. The van der Waals surface area contributed by atoms with Crippen molar-refractivity contribution in [3.05, 3.63) is 53.6 Å². The van der Waals surface area contributed by atoms with E-state index >= 15 is 0 Å². The maximum absolute atomic E-state index is 13.4. The molecule has 0 radical (unpaired) electrons. The van der Waals surface area contributed by atoms with Gasteiger partial charge in [0.2, 0.25) is 17.7 Å². The minimum atomic E-state index is -1.12. The number of carboxylic acids is 1. The van der Waals surface area contributed by atoms with Crippen LogP contribution in [-0.4, -0.2) is 86.7 Å². The molecule has 1 heterocycles. The van der Waals surface area contributed by atoms with Gasteiger partial charge in [-0.25, -0.2) is 9.78 Å². The first-order valence-corrected chi connectivity index (χ1v) is 15.0. The molecule has 0 bridgehead atoms. The largest absolute Gasteiger partial charge is 0.480 e. The van der Waals surface area contributed by atoms with Crippen LogP contribution in [0.15, 0.2) is 36.7 Å². The zero-order chi connectivity index (χ0) is 33.0. The van der Waals surface area contributed by atoms with Gasteiger partial charge < -0.3 is 42.2 Å². The number of imidazole rings is 1. The highest BCUT2D eigenvalue weighted by atomic mass is 16.4. The summed E-state index contributed by atoms with van der Waals surface area (Å²) in [6.07, 6.45) is 1.20. The van der Waals surface area contributed by atoms with Gasteiger partial charge in [0.15, 0.2) is 0 Å². The molecule has 0 spiro atoms. The molecule has 9 N–H and O–H groups in total. The topological polar surface area (TPSA) is 212 Å². The number of benzene rings is 1. The van der Waals surface area contributed by atoms with Gasteiger partial charge >= 0.3 is 5.97 Å². The number of nitrogens with one attached hydrogen (secondary N) is 5. The van der Waals surface area contributed by atoms with Crippen molar-refractivity contribution in [2.75, 3.05) is 6.54 Å². The molecule has 2 aromatic rings. The predicted octanol–water partition coefficient (Wildman–Crippen LogP) is 0.411. The Morgan fingerprint density at radius 1 is 0.909 bits per heavy atom. The molecule has 13 nitrogen and oxygen atoms in total. The van der Waals surface area contributed by atoms with E-state index in [2.05, 4.69) is 31.2 Å². The van der Waals surface area contributed by atoms with Crippen LogP contribution >= 0.6 is 0 Å². The molecular formula is C31H49N7O6. The van der Waals surface area contributed by atoms with E-state index in [9.17, 15) is 29.4 Å². The van der Waals surface area contributed by atoms with Gasteiger partial charge in [-0.15, -0.1) is 0 Å². The number of aliphatic hydroxyl groups is 1. The Kier molecular flexibility index (Phi) is 14.4. The molecule has 44 heavy (non-hydrogen) atoms. The lowest BCUT2D eigenvalue weighted by Gasteiger charge is -2.28. The number of carboxylic acid groups (broad SMARTS) is 1. The van der Waals surface area contributed by atoms with Crippen LogP contribution in [0.5, 0.6) is 0 Å². The maximum Gasteiger partial charge on any atom is 0.326 e. The van der Waals surface area contributed by atoms with Crippen LogP contribution in [0.1, 0.15) is 58.0 Å². The lowest BCUT2D eigenvalue weighted by Crippen LogP contribution is -2.57. The van der Waals surface area contributed by atoms with Gasteiger partial charge in [-0.2, -0.15) is 0 Å². The summed E-state index contributed by atoms with van der Waals surface area (Å²) in [5.74, 6) is -2.84. The summed E-state index contributed by atoms with van der Waals surface area (Å²) in [6.45, 7) is 10.6. The first-order valence-electron chi connectivity index (χ1n) is 15.0. The normalized spacial score (nSPS) is 15.6. The molecule has 0 aliphatic carbocycles. The third kappa shape index (κ3) is 11.7. The van der Waals surface area contributed by atoms with Gasteiger partial charge in [0, 0.05) is 18.7 Å². The second kappa shape index (κ2) is 17.5. The van der Waals surface area contributed by atoms with Crippen molar-refractivity contribution in [2.24, 2.45) is 17.6 Å². The van der Waals surface area contributed by atoms with Gasteiger partial charge in [0.05, 0.1) is 36.3 Å². The first-order chi connectivity index (χ1) is 20.7. The molecule has 244 valence electrons. The molecule has 3 amide bonds. The molecule has 1 aromatic heterocycles. The third-order valence-electron chi connectivity index (χ3n) is 7.37. The number of carbonyl (C=O) groups is 4. The van der Waals surface area contributed by atoms with Crippen molar-refractivity contribution in [2.45, 2.75) is 97.1 Å². The summed E-state index contributed by atoms with van der Waals surface area (Å²) in [6, 6.07) is 4.84. The van der Waals surface area contributed by atoms with Gasteiger partial charge in [0.1, 0.15) is 12.1 Å². The fourth-order valence-electron chi connectivity index (χ4n) is 4.62. The van der Waals surface area contributed by atoms with Gasteiger partial charge in [-0.1, -0.05) is 58.0 Å². The highest BCUT2D eigenvalue weighted by Gasteiger charge is 2.30. The van der Waals surface area contributed by atoms with E-state index in [1.165, 1.54) is 6.33 Å². The number of H-pyrrole nitrogens is 1. The first kappa shape index (κ1) is 36.4. The lowest BCUT2D eigenvalue weighted by molar-refractivity contribution is -0.143. The summed E-state index contributed by atoms with van der Waals surface area (Å²) in [4.78, 5) is 58.2. The van der Waals surface area contributed by atoms with Gasteiger partial charge in [-0.05, 0) is 44.1 Å². The Balaban J connectivity index is 2.06. The summed E-state index contributed by atoms with van der Waals surface area (Å²) in [5, 5.41) is 31.5. The number of amides is 3. The summed E-state index contributed by atoms with van der Waals surface area (Å²) in [5.41, 5.74) is 8.39. The highest BCUT2D eigenvalue weighted by Crippen LogP contribution is 2.10. The Bertz CT molecular complexity index is 1220. The Morgan fingerprint density at radius 2 is 1.55 bits per heavy atom. The van der Waals surface area contributed by atoms with E-state index in [4.69, 9.17) is 5.73 Å². The van der Waals surface area contributed by atoms with E-state index < -0.39 is 60.0 Å². The number of aryl methyl sites for hydroxylation is 1. The number of nitrogens with zero attached hydrogens (tertiary/aromatic N) is 1. The van der Waals surface area contributed by atoms with Crippen LogP contribution in [0.25, 0.3) is 0 Å². The summed E-state index contributed by atoms with van der Waals surface area (Å²) in [7, 11) is 0. The quantitative estimate of drug-likeness (QED) is 0.117. The molecule has 0 saturated carbocycles. The summed E-state index contributed by atoms with van der Waals surface area (Å²) < 4.78 is 0. The second-order valence-electron chi connectivity index (χ2n) is 12.1. The molecule has 0 aliphatic rings. The van der Waals surface area contributed by atoms with Crippen molar-refractivity contribution < 1.29 is 29.4 Å². The molecule has 0 aliphatic heterocycles. The van der Waals surface area contributed by atoms with Crippen LogP contribution in [0.4, 0.5) is 0 Å². The van der Waals surface area contributed by atoms with Crippen molar-refractivity contribution >= 4 is 23.7 Å². The molecule has 6 atom stereocenters. The van der Waals surface area contributed by atoms with Crippen molar-refractivity contribution in [3.63, 3.8) is 0 Å². The highest BCUT2D eigenvalue weighted by molar-refractivity contribution is 5.90. The molecular weight excluding hydrogens is 566 g/mol. The average Bonchev–Trinajstić information content (AvgIpc) is 3.36. The lowest BCUT2D eigenvalue weighted by atomic mass is 10.00. The molecule has 1 unspecified atom stereocenters. The zero-order valence-corrected chi connectivity index (χ0v) is 26.5. The number of aliphatic carboxylic acids is 1. The average molecular weight is 616 g/mol. The number of hydrogen-bond donors (Lipinski definition) is 8. The minimum Gasteiger partial charge on any atom is -0.480 e. The van der Waals surface area contributed by atoms with Crippen LogP contribution < -0.4 is 27.0 Å². The third-order valence-corrected chi connectivity index (χ3v) is 7.37. The van der Waals surface area contributed by atoms with E-state index in [0.29, 0.717) is 18.5 Å². The number of hydrogen-bond acceptors (Lipinski definition) is 8. The van der Waals surface area contributed by atoms with Crippen molar-refractivity contribution in [1.82, 2.24) is 31.2 Å². The summed E-state index contributed by atoms with van der Waals surface area (Å²) >= 11 is 0. The van der Waals surface area contributed by atoms with Crippen LogP contribution in [0.3, 0.4) is 0 Å². The fraction of sp³-hybridized carbons (Fsp3) is 0.581. The number of aliphatic hydroxyl groups excluding tert-OH is 1. The van der Waals surface area contributed by atoms with Crippen molar-refractivity contribution in [1.29, 1.82) is 0 Å². The molecule has 13 heteroatoms. The molecule has 0 fully saturated rings. The zero-order valence-electron chi connectivity index (χ0n) is 26.5. The SMILES string of the molecule is Cc1[nH]cnc1C[C@H](NC(=O)[C@@H](N)Cc1ccccc1)C(=O)N[C@@H](C)C(O)CN[C@@H](CC(C)C)C(=O)N[C@@H](C(=O)O)C(C)C. The van der Waals surface area contributed by atoms with Crippen LogP contribution in [0, 0.1) is 18.8 Å². The maximum atomic E-state index is 13.4. The minimum absolute atomic E-state index is 0.0525. The van der Waals surface area contributed by atoms with Crippen LogP contribution in [0.2, 0.25) is 0 Å². The monoisotopic (exact) mass is 615 g/mol. The molecule has 2 rings (SSSR count). The molecule has 1 aromatic carbocycles. The predicted molar refractivity (Wildman–Crippen MR) is 166 cm³/mol. The van der Waals surface area contributed by atoms with E-state index in [1.54, 1.807) is 20.8 Å². The van der Waals surface area contributed by atoms with E-state index in [-0.39, 0.29) is 24.8 Å². The van der Waals surface area contributed by atoms with Gasteiger partial charge in [0.25, 0.3) is 0 Å². The number of aromatic nitrogens is 2. The second-order valence-corrected chi connectivity index (χ2v) is 12.1. The van der Waals surface area contributed by atoms with E-state index in [1.807, 2.05) is 51.1 Å². The Morgan fingerprint density at radius 3 is 2.09 bits per heavy atom. The smallest absolute Gasteiger partial charge is 0.326 e. The fourth-order valence-corrected chi connectivity index (χ4v) is 4.62. The number of aromatic amines is 1. The number of carbonyl (C=O) groups excluding carboxylic acids is 3. The van der Waals surface area contributed by atoms with Crippen LogP contribution in [-0.2, 0) is 32.0 Å².